The summed E-state index contributed by atoms with van der Waals surface area (Å²) >= 11 is 1.63. The minimum atomic E-state index is -0.215. The molecule has 0 radical (unpaired) electrons. The third kappa shape index (κ3) is 2.56. The second kappa shape index (κ2) is 4.94. The molecule has 3 heteroatoms. The second-order valence-corrected chi connectivity index (χ2v) is 5.41. The Morgan fingerprint density at radius 1 is 0.947 bits per heavy atom. The van der Waals surface area contributed by atoms with E-state index in [2.05, 4.69) is 4.98 Å². The first-order valence-electron chi connectivity index (χ1n) is 6.01. The predicted octanol–water partition coefficient (Wildman–Crippen LogP) is 4.92. The minimum absolute atomic E-state index is 0.215. The van der Waals surface area contributed by atoms with E-state index in [9.17, 15) is 4.39 Å². The molecule has 2 aromatic carbocycles. The Kier molecular flexibility index (Phi) is 3.13. The molecule has 1 aromatic heterocycles. The lowest BCUT2D eigenvalue weighted by molar-refractivity contribution is 0.628. The zero-order valence-electron chi connectivity index (χ0n) is 10.4. The van der Waals surface area contributed by atoms with Gasteiger partial charge in [0.2, 0.25) is 0 Å². The number of benzene rings is 2. The highest BCUT2D eigenvalue weighted by Crippen LogP contribution is 2.27. The quantitative estimate of drug-likeness (QED) is 0.643. The van der Waals surface area contributed by atoms with Crippen LogP contribution in [0.2, 0.25) is 0 Å². The van der Waals surface area contributed by atoms with Crippen LogP contribution in [0.15, 0.2) is 53.9 Å². The van der Waals surface area contributed by atoms with Gasteiger partial charge in [0.25, 0.3) is 0 Å². The van der Waals surface area contributed by atoms with Gasteiger partial charge in [-0.05, 0) is 36.2 Å². The monoisotopic (exact) mass is 269 g/mol. The van der Waals surface area contributed by atoms with E-state index >= 15 is 0 Å². The maximum absolute atomic E-state index is 13.3. The summed E-state index contributed by atoms with van der Waals surface area (Å²) in [7, 11) is 0. The van der Waals surface area contributed by atoms with E-state index in [4.69, 9.17) is 0 Å². The molecular weight excluding hydrogens is 257 g/mol. The van der Waals surface area contributed by atoms with E-state index in [1.54, 1.807) is 23.5 Å². The molecule has 0 unspecified atom stereocenters. The van der Waals surface area contributed by atoms with E-state index in [1.807, 2.05) is 42.6 Å². The predicted molar refractivity (Wildman–Crippen MR) is 77.7 cm³/mol. The summed E-state index contributed by atoms with van der Waals surface area (Å²) in [6, 6.07) is 14.7. The highest BCUT2D eigenvalue weighted by molar-refractivity contribution is 7.09. The van der Waals surface area contributed by atoms with Gasteiger partial charge in [-0.2, -0.15) is 0 Å². The average Bonchev–Trinajstić information content (AvgIpc) is 2.86. The summed E-state index contributed by atoms with van der Waals surface area (Å²) in [5.74, 6) is -0.215. The Morgan fingerprint density at radius 3 is 2.32 bits per heavy atom. The standard InChI is InChI=1S/C16H12FNS/c1-11-18-16(10-19-11)14-6-2-4-12(8-14)13-5-3-7-15(17)9-13/h2-10H,1H3. The first-order chi connectivity index (χ1) is 9.22. The summed E-state index contributed by atoms with van der Waals surface area (Å²) in [4.78, 5) is 4.48. The van der Waals surface area contributed by atoms with Crippen LogP contribution in [0.5, 0.6) is 0 Å². The van der Waals surface area contributed by atoms with Gasteiger partial charge in [0.1, 0.15) is 5.82 Å². The van der Waals surface area contributed by atoms with Gasteiger partial charge in [0.15, 0.2) is 0 Å². The van der Waals surface area contributed by atoms with Gasteiger partial charge in [-0.25, -0.2) is 9.37 Å². The molecule has 0 aliphatic heterocycles. The summed E-state index contributed by atoms with van der Waals surface area (Å²) < 4.78 is 13.3. The fraction of sp³-hybridized carbons (Fsp3) is 0.0625. The van der Waals surface area contributed by atoms with Crippen molar-refractivity contribution in [1.82, 2.24) is 4.98 Å². The van der Waals surface area contributed by atoms with Crippen LogP contribution in [0.3, 0.4) is 0 Å². The molecule has 3 rings (SSSR count). The first-order valence-corrected chi connectivity index (χ1v) is 6.89. The van der Waals surface area contributed by atoms with Gasteiger partial charge in [0, 0.05) is 10.9 Å². The van der Waals surface area contributed by atoms with Crippen molar-refractivity contribution >= 4 is 11.3 Å². The Bertz CT molecular complexity index is 718. The fourth-order valence-corrected chi connectivity index (χ4v) is 2.64. The molecule has 1 heterocycles. The Hall–Kier alpha value is -2.00. The van der Waals surface area contributed by atoms with E-state index in [0.29, 0.717) is 0 Å². The van der Waals surface area contributed by atoms with E-state index in [-0.39, 0.29) is 5.82 Å². The third-order valence-electron chi connectivity index (χ3n) is 2.94. The maximum atomic E-state index is 13.3. The largest absolute Gasteiger partial charge is 0.242 e. The first kappa shape index (κ1) is 12.1. The molecular formula is C16H12FNS. The second-order valence-electron chi connectivity index (χ2n) is 4.34. The summed E-state index contributed by atoms with van der Waals surface area (Å²) in [6.07, 6.45) is 0. The lowest BCUT2D eigenvalue weighted by Gasteiger charge is -2.04. The van der Waals surface area contributed by atoms with Gasteiger partial charge in [-0.3, -0.25) is 0 Å². The lowest BCUT2D eigenvalue weighted by Crippen LogP contribution is -1.83. The molecule has 19 heavy (non-hydrogen) atoms. The minimum Gasteiger partial charge on any atom is -0.242 e. The lowest BCUT2D eigenvalue weighted by atomic mass is 10.0. The number of aryl methyl sites for hydroxylation is 1. The van der Waals surface area contributed by atoms with Gasteiger partial charge < -0.3 is 0 Å². The van der Waals surface area contributed by atoms with E-state index in [1.165, 1.54) is 6.07 Å². The zero-order valence-corrected chi connectivity index (χ0v) is 11.2. The summed E-state index contributed by atoms with van der Waals surface area (Å²) in [5.41, 5.74) is 3.92. The third-order valence-corrected chi connectivity index (χ3v) is 3.71. The van der Waals surface area contributed by atoms with Crippen molar-refractivity contribution in [1.29, 1.82) is 0 Å². The summed E-state index contributed by atoms with van der Waals surface area (Å²) in [6.45, 7) is 1.99. The molecule has 0 saturated carbocycles. The molecule has 94 valence electrons. The van der Waals surface area contributed by atoms with Gasteiger partial charge in [-0.1, -0.05) is 30.3 Å². The van der Waals surface area contributed by atoms with Crippen LogP contribution in [0.25, 0.3) is 22.4 Å². The van der Waals surface area contributed by atoms with Crippen LogP contribution in [-0.2, 0) is 0 Å². The Labute approximate surface area is 115 Å². The van der Waals surface area contributed by atoms with Crippen molar-refractivity contribution < 1.29 is 4.39 Å². The van der Waals surface area contributed by atoms with Crippen LogP contribution >= 0.6 is 11.3 Å². The Balaban J connectivity index is 2.05. The molecule has 0 spiro atoms. The zero-order chi connectivity index (χ0) is 13.2. The molecule has 0 fully saturated rings. The molecule has 0 bridgehead atoms. The summed E-state index contributed by atoms with van der Waals surface area (Å²) in [5, 5.41) is 3.09. The van der Waals surface area contributed by atoms with Crippen molar-refractivity contribution in [2.45, 2.75) is 6.92 Å². The van der Waals surface area contributed by atoms with Crippen molar-refractivity contribution in [3.63, 3.8) is 0 Å². The maximum Gasteiger partial charge on any atom is 0.123 e. The SMILES string of the molecule is Cc1nc(-c2cccc(-c3cccc(F)c3)c2)cs1. The molecule has 3 aromatic rings. The fourth-order valence-electron chi connectivity index (χ4n) is 2.02. The molecule has 0 aliphatic rings. The van der Waals surface area contributed by atoms with E-state index in [0.717, 1.165) is 27.4 Å². The van der Waals surface area contributed by atoms with Gasteiger partial charge >= 0.3 is 0 Å². The van der Waals surface area contributed by atoms with Crippen LogP contribution in [0, 0.1) is 12.7 Å². The van der Waals surface area contributed by atoms with Crippen LogP contribution < -0.4 is 0 Å². The number of thiazole rings is 1. The normalized spacial score (nSPS) is 10.6. The number of hydrogen-bond acceptors (Lipinski definition) is 2. The van der Waals surface area contributed by atoms with Crippen LogP contribution in [0.4, 0.5) is 4.39 Å². The number of hydrogen-bond donors (Lipinski definition) is 0. The molecule has 1 nitrogen and oxygen atoms in total. The smallest absolute Gasteiger partial charge is 0.123 e. The molecule has 0 N–H and O–H groups in total. The topological polar surface area (TPSA) is 12.9 Å². The van der Waals surface area contributed by atoms with Crippen LogP contribution in [0.1, 0.15) is 5.01 Å². The highest BCUT2D eigenvalue weighted by atomic mass is 32.1. The molecule has 0 aliphatic carbocycles. The number of rotatable bonds is 2. The van der Waals surface area contributed by atoms with Crippen molar-refractivity contribution in [2.75, 3.05) is 0 Å². The van der Waals surface area contributed by atoms with Crippen LogP contribution in [-0.4, -0.2) is 4.98 Å². The Morgan fingerprint density at radius 2 is 1.63 bits per heavy atom. The molecule has 0 amide bonds. The number of nitrogens with zero attached hydrogens (tertiary/aromatic N) is 1. The molecule has 0 atom stereocenters. The number of halogens is 1. The highest BCUT2D eigenvalue weighted by Gasteiger charge is 2.05. The van der Waals surface area contributed by atoms with Crippen molar-refractivity contribution in [2.24, 2.45) is 0 Å². The van der Waals surface area contributed by atoms with Gasteiger partial charge in [-0.15, -0.1) is 11.3 Å². The van der Waals surface area contributed by atoms with Crippen molar-refractivity contribution in [3.8, 4) is 22.4 Å². The van der Waals surface area contributed by atoms with Gasteiger partial charge in [0.05, 0.1) is 10.7 Å². The molecule has 0 saturated heterocycles. The van der Waals surface area contributed by atoms with Crippen molar-refractivity contribution in [3.05, 3.63) is 64.7 Å². The number of aromatic nitrogens is 1. The van der Waals surface area contributed by atoms with E-state index < -0.39 is 0 Å². The average molecular weight is 269 g/mol.